The molecule has 6 heteroatoms. The largest absolute Gasteiger partial charge is 0.371 e. The second-order valence-electron chi connectivity index (χ2n) is 6.33. The Balaban J connectivity index is 1.62. The van der Waals surface area contributed by atoms with Crippen LogP contribution >= 0.6 is 11.6 Å². The monoisotopic (exact) mass is 342 g/mol. The molecule has 0 amide bonds. The zero-order chi connectivity index (χ0) is 15.6. The van der Waals surface area contributed by atoms with Crippen LogP contribution in [-0.4, -0.2) is 39.6 Å². The summed E-state index contributed by atoms with van der Waals surface area (Å²) in [5, 5.41) is 4.20. The van der Waals surface area contributed by atoms with Gasteiger partial charge in [0.2, 0.25) is 0 Å². The normalized spacial score (nSPS) is 24.0. The number of hydrogen-bond acceptors (Lipinski definition) is 4. The van der Waals surface area contributed by atoms with E-state index in [1.165, 1.54) is 18.5 Å². The highest BCUT2D eigenvalue weighted by Gasteiger charge is 2.27. The maximum absolute atomic E-state index is 11.5. The van der Waals surface area contributed by atoms with E-state index in [9.17, 15) is 8.42 Å². The van der Waals surface area contributed by atoms with Gasteiger partial charge in [-0.2, -0.15) is 0 Å². The molecule has 1 aromatic rings. The topological polar surface area (TPSA) is 49.4 Å². The van der Waals surface area contributed by atoms with E-state index in [-0.39, 0.29) is 5.92 Å². The number of anilines is 1. The fourth-order valence-electron chi connectivity index (χ4n) is 3.41. The van der Waals surface area contributed by atoms with E-state index in [0.29, 0.717) is 18.1 Å². The Kier molecular flexibility index (Phi) is 4.95. The lowest BCUT2D eigenvalue weighted by Crippen LogP contribution is -2.25. The van der Waals surface area contributed by atoms with Crippen molar-refractivity contribution in [2.75, 3.05) is 36.0 Å². The molecule has 2 heterocycles. The van der Waals surface area contributed by atoms with Crippen molar-refractivity contribution in [2.24, 2.45) is 5.92 Å². The molecule has 2 saturated heterocycles. The smallest absolute Gasteiger partial charge is 0.150 e. The minimum atomic E-state index is -2.79. The van der Waals surface area contributed by atoms with Crippen molar-refractivity contribution in [3.63, 3.8) is 0 Å². The highest BCUT2D eigenvalue weighted by Crippen LogP contribution is 2.30. The van der Waals surface area contributed by atoms with Gasteiger partial charge in [-0.1, -0.05) is 17.7 Å². The number of rotatable bonds is 5. The van der Waals surface area contributed by atoms with Crippen molar-refractivity contribution >= 4 is 27.1 Å². The zero-order valence-electron chi connectivity index (χ0n) is 12.7. The number of nitrogens with one attached hydrogen (secondary N) is 1. The maximum atomic E-state index is 11.5. The van der Waals surface area contributed by atoms with Crippen molar-refractivity contribution in [3.8, 4) is 0 Å². The van der Waals surface area contributed by atoms with Gasteiger partial charge in [-0.25, -0.2) is 8.42 Å². The second kappa shape index (κ2) is 6.77. The Morgan fingerprint density at radius 1 is 1.27 bits per heavy atom. The highest BCUT2D eigenvalue weighted by molar-refractivity contribution is 7.91. The average Bonchev–Trinajstić information content (AvgIpc) is 3.10. The van der Waals surface area contributed by atoms with Crippen molar-refractivity contribution in [1.29, 1.82) is 0 Å². The van der Waals surface area contributed by atoms with Gasteiger partial charge in [-0.05, 0) is 43.9 Å². The van der Waals surface area contributed by atoms with E-state index < -0.39 is 9.84 Å². The van der Waals surface area contributed by atoms with Gasteiger partial charge in [0.05, 0.1) is 11.5 Å². The molecule has 0 saturated carbocycles. The van der Waals surface area contributed by atoms with Crippen LogP contribution in [0.2, 0.25) is 5.02 Å². The van der Waals surface area contributed by atoms with Crippen LogP contribution in [0.25, 0.3) is 0 Å². The summed E-state index contributed by atoms with van der Waals surface area (Å²) in [5.74, 6) is 0.897. The molecule has 0 bridgehead atoms. The average molecular weight is 343 g/mol. The first-order valence-corrected chi connectivity index (χ1v) is 10.2. The fraction of sp³-hybridized carbons (Fsp3) is 0.625. The van der Waals surface area contributed by atoms with Gasteiger partial charge in [-0.15, -0.1) is 0 Å². The lowest BCUT2D eigenvalue weighted by Gasteiger charge is -2.23. The molecule has 4 nitrogen and oxygen atoms in total. The van der Waals surface area contributed by atoms with Crippen LogP contribution in [0.15, 0.2) is 18.2 Å². The molecular formula is C16H23ClN2O2S. The van der Waals surface area contributed by atoms with Crippen LogP contribution in [0.5, 0.6) is 0 Å². The Morgan fingerprint density at radius 3 is 2.73 bits per heavy atom. The van der Waals surface area contributed by atoms with E-state index in [4.69, 9.17) is 11.6 Å². The third kappa shape index (κ3) is 3.76. The highest BCUT2D eigenvalue weighted by atomic mass is 35.5. The first-order valence-electron chi connectivity index (χ1n) is 7.99. The fourth-order valence-corrected chi connectivity index (χ4v) is 5.51. The molecule has 2 aliphatic heterocycles. The van der Waals surface area contributed by atoms with E-state index in [0.717, 1.165) is 36.6 Å². The quantitative estimate of drug-likeness (QED) is 0.893. The van der Waals surface area contributed by atoms with Gasteiger partial charge in [0.25, 0.3) is 0 Å². The molecule has 1 aromatic carbocycles. The molecule has 3 rings (SSSR count). The summed E-state index contributed by atoms with van der Waals surface area (Å²) >= 11 is 6.39. The van der Waals surface area contributed by atoms with Gasteiger partial charge in [-0.3, -0.25) is 0 Å². The Bertz CT molecular complexity index is 627. The number of hydrogen-bond donors (Lipinski definition) is 1. The van der Waals surface area contributed by atoms with Crippen molar-refractivity contribution < 1.29 is 8.42 Å². The second-order valence-corrected chi connectivity index (χ2v) is 8.97. The lowest BCUT2D eigenvalue weighted by molar-refractivity contribution is 0.521. The summed E-state index contributed by atoms with van der Waals surface area (Å²) in [6.07, 6.45) is 3.25. The van der Waals surface area contributed by atoms with Crippen molar-refractivity contribution in [3.05, 3.63) is 28.8 Å². The van der Waals surface area contributed by atoms with Gasteiger partial charge in [0.15, 0.2) is 9.84 Å². The van der Waals surface area contributed by atoms with E-state index in [2.05, 4.69) is 16.3 Å². The summed E-state index contributed by atoms with van der Waals surface area (Å²) in [6.45, 7) is 3.62. The maximum Gasteiger partial charge on any atom is 0.150 e. The minimum Gasteiger partial charge on any atom is -0.371 e. The Hall–Kier alpha value is -0.780. The minimum absolute atomic E-state index is 0.239. The molecule has 0 spiro atoms. The molecule has 1 atom stereocenters. The number of nitrogens with zero attached hydrogens (tertiary/aromatic N) is 1. The summed E-state index contributed by atoms with van der Waals surface area (Å²) in [4.78, 5) is 2.39. The SMILES string of the molecule is O=S1(=O)CC[C@H](CNCc2c(Cl)cccc2N2CCCC2)C1. The Morgan fingerprint density at radius 2 is 2.05 bits per heavy atom. The number of halogens is 1. The van der Waals surface area contributed by atoms with E-state index in [1.807, 2.05) is 12.1 Å². The first kappa shape index (κ1) is 16.1. The van der Waals surface area contributed by atoms with Crippen LogP contribution in [-0.2, 0) is 16.4 Å². The van der Waals surface area contributed by atoms with Crippen molar-refractivity contribution in [1.82, 2.24) is 5.32 Å². The molecule has 0 aliphatic carbocycles. The summed E-state index contributed by atoms with van der Waals surface area (Å²) in [5.41, 5.74) is 2.35. The molecule has 22 heavy (non-hydrogen) atoms. The summed E-state index contributed by atoms with van der Waals surface area (Å²) < 4.78 is 23.0. The van der Waals surface area contributed by atoms with E-state index in [1.54, 1.807) is 0 Å². The molecule has 2 fully saturated rings. The molecule has 122 valence electrons. The molecule has 0 unspecified atom stereocenters. The van der Waals surface area contributed by atoms with Crippen LogP contribution in [0.4, 0.5) is 5.69 Å². The summed E-state index contributed by atoms with van der Waals surface area (Å²) in [7, 11) is -2.79. The lowest BCUT2D eigenvalue weighted by atomic mass is 10.1. The molecular weight excluding hydrogens is 320 g/mol. The standard InChI is InChI=1S/C16H23ClN2O2S/c17-15-4-3-5-16(19-7-1-2-8-19)14(15)11-18-10-13-6-9-22(20,21)12-13/h3-5,13,18H,1-2,6-12H2/t13-/m1/s1. The van der Waals surface area contributed by atoms with Crippen LogP contribution in [0, 0.1) is 5.92 Å². The van der Waals surface area contributed by atoms with E-state index >= 15 is 0 Å². The number of benzene rings is 1. The van der Waals surface area contributed by atoms with Crippen LogP contribution in [0.3, 0.4) is 0 Å². The molecule has 2 aliphatic rings. The number of sulfone groups is 1. The molecule has 0 aromatic heterocycles. The zero-order valence-corrected chi connectivity index (χ0v) is 14.3. The van der Waals surface area contributed by atoms with Gasteiger partial charge >= 0.3 is 0 Å². The summed E-state index contributed by atoms with van der Waals surface area (Å²) in [6, 6.07) is 6.06. The third-order valence-electron chi connectivity index (χ3n) is 4.60. The van der Waals surface area contributed by atoms with Crippen LogP contribution < -0.4 is 10.2 Å². The predicted octanol–water partition coefficient (Wildman–Crippen LogP) is 2.46. The first-order chi connectivity index (χ1) is 10.6. The third-order valence-corrected chi connectivity index (χ3v) is 6.79. The van der Waals surface area contributed by atoms with Gasteiger partial charge in [0, 0.05) is 35.9 Å². The predicted molar refractivity (Wildman–Crippen MR) is 91.4 cm³/mol. The molecule has 1 N–H and O–H groups in total. The van der Waals surface area contributed by atoms with Gasteiger partial charge < -0.3 is 10.2 Å². The van der Waals surface area contributed by atoms with Crippen LogP contribution in [0.1, 0.15) is 24.8 Å². The van der Waals surface area contributed by atoms with Gasteiger partial charge in [0.1, 0.15) is 0 Å². The van der Waals surface area contributed by atoms with Crippen molar-refractivity contribution in [2.45, 2.75) is 25.8 Å². The molecule has 0 radical (unpaired) electrons. The Labute approximate surface area is 137 Å².